The molecule has 27 heavy (non-hydrogen) atoms. The largest absolute Gasteiger partial charge is 0.340 e. The van der Waals surface area contributed by atoms with Crippen LogP contribution in [0.15, 0.2) is 54.6 Å². The van der Waals surface area contributed by atoms with E-state index in [0.717, 1.165) is 11.3 Å². The second-order valence-electron chi connectivity index (χ2n) is 6.22. The van der Waals surface area contributed by atoms with E-state index in [4.69, 9.17) is 0 Å². The molecule has 0 aliphatic carbocycles. The highest BCUT2D eigenvalue weighted by atomic mass is 16.2. The number of carbonyl (C=O) groups excluding carboxylic acids is 2. The number of hydrogen-bond acceptors (Lipinski definition) is 5. The molecule has 0 unspecified atom stereocenters. The van der Waals surface area contributed by atoms with Crippen molar-refractivity contribution < 1.29 is 9.59 Å². The maximum atomic E-state index is 12.6. The van der Waals surface area contributed by atoms with Crippen molar-refractivity contribution in [1.82, 2.24) is 9.97 Å². The number of para-hydroxylation sites is 1. The van der Waals surface area contributed by atoms with Crippen LogP contribution in [-0.4, -0.2) is 21.7 Å². The first-order chi connectivity index (χ1) is 12.9. The van der Waals surface area contributed by atoms with Gasteiger partial charge in [-0.15, -0.1) is 0 Å². The molecule has 0 fully saturated rings. The fourth-order valence-electron chi connectivity index (χ4n) is 2.61. The van der Waals surface area contributed by atoms with Gasteiger partial charge in [-0.2, -0.15) is 0 Å². The van der Waals surface area contributed by atoms with E-state index in [0.29, 0.717) is 22.9 Å². The van der Waals surface area contributed by atoms with Crippen LogP contribution >= 0.6 is 0 Å². The molecule has 1 amide bonds. The molecule has 1 aromatic heterocycles. The average Bonchev–Trinajstić information content (AvgIpc) is 2.63. The molecule has 136 valence electrons. The van der Waals surface area contributed by atoms with Crippen molar-refractivity contribution in [2.24, 2.45) is 0 Å². The van der Waals surface area contributed by atoms with Crippen LogP contribution in [0.4, 0.5) is 17.2 Å². The number of ketones is 1. The topological polar surface area (TPSA) is 84.0 Å². The minimum atomic E-state index is -0.367. The van der Waals surface area contributed by atoms with Crippen LogP contribution in [0.2, 0.25) is 0 Å². The lowest BCUT2D eigenvalue weighted by Gasteiger charge is -2.11. The van der Waals surface area contributed by atoms with Crippen molar-refractivity contribution in [2.45, 2.75) is 20.8 Å². The first-order valence-electron chi connectivity index (χ1n) is 8.53. The fraction of sp³-hybridized carbons (Fsp3) is 0.143. The number of aryl methyl sites for hydroxylation is 2. The highest BCUT2D eigenvalue weighted by Crippen LogP contribution is 2.20. The van der Waals surface area contributed by atoms with Crippen LogP contribution in [0.25, 0.3) is 0 Å². The summed E-state index contributed by atoms with van der Waals surface area (Å²) in [6.07, 6.45) is 0. The highest BCUT2D eigenvalue weighted by molar-refractivity contribution is 6.04. The van der Waals surface area contributed by atoms with Gasteiger partial charge in [-0.1, -0.05) is 30.3 Å². The second-order valence-corrected chi connectivity index (χ2v) is 6.22. The second kappa shape index (κ2) is 7.78. The van der Waals surface area contributed by atoms with Gasteiger partial charge in [-0.05, 0) is 44.5 Å². The Hall–Kier alpha value is -3.54. The highest BCUT2D eigenvalue weighted by Gasteiger charge is 2.12. The standard InChI is InChI=1S/C21H20N4O2/c1-13-7-4-5-10-18(13)25-20-12-19(22-15(3)23-20)21(27)24-17-9-6-8-16(11-17)14(2)26/h4-12H,1-3H3,(H,24,27)(H,22,23,25). The molecule has 0 saturated carbocycles. The fourth-order valence-corrected chi connectivity index (χ4v) is 2.61. The van der Waals surface area contributed by atoms with Gasteiger partial charge in [0.2, 0.25) is 0 Å². The van der Waals surface area contributed by atoms with Crippen LogP contribution in [-0.2, 0) is 0 Å². The van der Waals surface area contributed by atoms with Crippen LogP contribution in [0, 0.1) is 13.8 Å². The van der Waals surface area contributed by atoms with E-state index < -0.39 is 0 Å². The molecule has 6 nitrogen and oxygen atoms in total. The van der Waals surface area contributed by atoms with Crippen LogP contribution in [0.1, 0.15) is 39.2 Å². The summed E-state index contributed by atoms with van der Waals surface area (Å²) in [6, 6.07) is 16.2. The van der Waals surface area contributed by atoms with Gasteiger partial charge >= 0.3 is 0 Å². The summed E-state index contributed by atoms with van der Waals surface area (Å²) in [5, 5.41) is 5.99. The van der Waals surface area contributed by atoms with Crippen LogP contribution in [0.5, 0.6) is 0 Å². The number of amides is 1. The molecule has 0 aliphatic heterocycles. The number of carbonyl (C=O) groups is 2. The quantitative estimate of drug-likeness (QED) is 0.663. The lowest BCUT2D eigenvalue weighted by molar-refractivity contribution is 0.100. The predicted molar refractivity (Wildman–Crippen MR) is 106 cm³/mol. The number of hydrogen-bond donors (Lipinski definition) is 2. The molecule has 0 atom stereocenters. The molecule has 6 heteroatoms. The van der Waals surface area contributed by atoms with Crippen LogP contribution in [0.3, 0.4) is 0 Å². The summed E-state index contributed by atoms with van der Waals surface area (Å²) in [6.45, 7) is 5.21. The first kappa shape index (κ1) is 18.3. The summed E-state index contributed by atoms with van der Waals surface area (Å²) < 4.78 is 0. The number of rotatable bonds is 5. The van der Waals surface area contributed by atoms with Gasteiger partial charge < -0.3 is 10.6 Å². The van der Waals surface area contributed by atoms with Gasteiger partial charge in [0.05, 0.1) is 0 Å². The Kier molecular flexibility index (Phi) is 5.26. The number of Topliss-reactive ketones (excluding diaryl/α,β-unsaturated/α-hetero) is 1. The Labute approximate surface area is 157 Å². The van der Waals surface area contributed by atoms with Crippen molar-refractivity contribution in [3.05, 3.63) is 77.2 Å². The lowest BCUT2D eigenvalue weighted by Crippen LogP contribution is -2.15. The third-order valence-corrected chi connectivity index (χ3v) is 4.01. The minimum Gasteiger partial charge on any atom is -0.340 e. The Morgan fingerprint density at radius 2 is 1.70 bits per heavy atom. The molecule has 0 saturated heterocycles. The van der Waals surface area contributed by atoms with Crippen molar-refractivity contribution in [3.8, 4) is 0 Å². The molecular weight excluding hydrogens is 340 g/mol. The zero-order valence-electron chi connectivity index (χ0n) is 15.4. The summed E-state index contributed by atoms with van der Waals surface area (Å²) in [5.74, 6) is 0.596. The molecular formula is C21H20N4O2. The number of nitrogens with zero attached hydrogens (tertiary/aromatic N) is 2. The molecule has 3 aromatic rings. The Morgan fingerprint density at radius 1 is 0.926 bits per heavy atom. The zero-order chi connectivity index (χ0) is 19.4. The molecule has 3 rings (SSSR count). The van der Waals surface area contributed by atoms with Gasteiger partial charge in [0, 0.05) is 23.0 Å². The van der Waals surface area contributed by atoms with E-state index in [1.54, 1.807) is 37.3 Å². The molecule has 0 spiro atoms. The van der Waals surface area contributed by atoms with Crippen molar-refractivity contribution in [3.63, 3.8) is 0 Å². The third-order valence-electron chi connectivity index (χ3n) is 4.01. The van der Waals surface area contributed by atoms with E-state index in [2.05, 4.69) is 20.6 Å². The third kappa shape index (κ3) is 4.55. The van der Waals surface area contributed by atoms with Gasteiger partial charge in [-0.3, -0.25) is 9.59 Å². The van der Waals surface area contributed by atoms with E-state index in [-0.39, 0.29) is 17.4 Å². The molecule has 2 aromatic carbocycles. The Bertz CT molecular complexity index is 1010. The van der Waals surface area contributed by atoms with Gasteiger partial charge in [-0.25, -0.2) is 9.97 Å². The lowest BCUT2D eigenvalue weighted by atomic mass is 10.1. The SMILES string of the molecule is CC(=O)c1cccc(NC(=O)c2cc(Nc3ccccc3C)nc(C)n2)c1. The Morgan fingerprint density at radius 3 is 2.44 bits per heavy atom. The summed E-state index contributed by atoms with van der Waals surface area (Å²) in [4.78, 5) is 32.7. The zero-order valence-corrected chi connectivity index (χ0v) is 15.4. The smallest absolute Gasteiger partial charge is 0.274 e. The normalized spacial score (nSPS) is 10.3. The number of aromatic nitrogens is 2. The number of benzene rings is 2. The summed E-state index contributed by atoms with van der Waals surface area (Å²) >= 11 is 0. The molecule has 2 N–H and O–H groups in total. The van der Waals surface area contributed by atoms with Gasteiger partial charge in [0.1, 0.15) is 17.3 Å². The maximum absolute atomic E-state index is 12.6. The van der Waals surface area contributed by atoms with Crippen molar-refractivity contribution in [2.75, 3.05) is 10.6 Å². The van der Waals surface area contributed by atoms with Crippen molar-refractivity contribution >= 4 is 28.9 Å². The van der Waals surface area contributed by atoms with E-state index >= 15 is 0 Å². The first-order valence-corrected chi connectivity index (χ1v) is 8.53. The predicted octanol–water partition coefficient (Wildman–Crippen LogP) is 4.29. The van der Waals surface area contributed by atoms with Gasteiger partial charge in [0.15, 0.2) is 5.78 Å². The Balaban J connectivity index is 1.83. The molecule has 0 radical (unpaired) electrons. The van der Waals surface area contributed by atoms with Crippen molar-refractivity contribution in [1.29, 1.82) is 0 Å². The minimum absolute atomic E-state index is 0.0614. The average molecular weight is 360 g/mol. The summed E-state index contributed by atoms with van der Waals surface area (Å²) in [7, 11) is 0. The monoisotopic (exact) mass is 360 g/mol. The molecule has 0 bridgehead atoms. The van der Waals surface area contributed by atoms with E-state index in [1.807, 2.05) is 31.2 Å². The molecule has 0 aliphatic rings. The van der Waals surface area contributed by atoms with E-state index in [1.165, 1.54) is 6.92 Å². The number of nitrogens with one attached hydrogen (secondary N) is 2. The maximum Gasteiger partial charge on any atom is 0.274 e. The van der Waals surface area contributed by atoms with E-state index in [9.17, 15) is 9.59 Å². The number of anilines is 3. The van der Waals surface area contributed by atoms with Gasteiger partial charge in [0.25, 0.3) is 5.91 Å². The summed E-state index contributed by atoms with van der Waals surface area (Å²) in [5.41, 5.74) is 3.30. The molecule has 1 heterocycles. The van der Waals surface area contributed by atoms with Crippen LogP contribution < -0.4 is 10.6 Å².